The maximum absolute atomic E-state index is 13.6. The Labute approximate surface area is 230 Å². The van der Waals surface area contributed by atoms with Crippen LogP contribution in [0.1, 0.15) is 34.9 Å². The monoisotopic (exact) mass is 529 g/mol. The number of likely N-dealkylation sites (tertiary alicyclic amines) is 1. The maximum Gasteiger partial charge on any atom is 0.331 e. The van der Waals surface area contributed by atoms with E-state index in [-0.39, 0.29) is 23.4 Å². The molecule has 4 heterocycles. The van der Waals surface area contributed by atoms with Gasteiger partial charge in [-0.3, -0.25) is 9.69 Å². The minimum atomic E-state index is -0.512. The Morgan fingerprint density at radius 1 is 1.26 bits per heavy atom. The van der Waals surface area contributed by atoms with Gasteiger partial charge in [-0.05, 0) is 61.7 Å². The number of carbonyl (C=O) groups excluding carboxylic acids is 2. The number of thiophene rings is 1. The van der Waals surface area contributed by atoms with Crippen molar-refractivity contribution in [2.24, 2.45) is 0 Å². The van der Waals surface area contributed by atoms with Crippen LogP contribution in [0.4, 0.5) is 21.9 Å². The first-order valence-corrected chi connectivity index (χ1v) is 12.7. The fourth-order valence-corrected chi connectivity index (χ4v) is 5.79. The summed E-state index contributed by atoms with van der Waals surface area (Å²) in [5, 5.41) is 15.7. The van der Waals surface area contributed by atoms with Gasteiger partial charge < -0.3 is 20.3 Å². The van der Waals surface area contributed by atoms with Crippen molar-refractivity contribution in [2.75, 3.05) is 23.3 Å². The Morgan fingerprint density at radius 2 is 2.11 bits per heavy atom. The van der Waals surface area contributed by atoms with Gasteiger partial charge in [-0.2, -0.15) is 5.26 Å². The molecule has 9 nitrogen and oxygen atoms in total. The number of hydrogen-bond donors (Lipinski definition) is 2. The van der Waals surface area contributed by atoms with Gasteiger partial charge in [0.1, 0.15) is 21.2 Å². The molecule has 1 atom stereocenters. The molecule has 190 valence electrons. The predicted octanol–water partition coefficient (Wildman–Crippen LogP) is 5.76. The predicted molar refractivity (Wildman–Crippen MR) is 146 cm³/mol. The first kappa shape index (κ1) is 18.6. The van der Waals surface area contributed by atoms with Gasteiger partial charge in [0.25, 0.3) is 5.91 Å². The van der Waals surface area contributed by atoms with Crippen LogP contribution in [-0.4, -0.2) is 41.0 Å². The van der Waals surface area contributed by atoms with Crippen molar-refractivity contribution in [1.29, 1.82) is 5.26 Å². The molecule has 4 aromatic rings. The lowest BCUT2D eigenvalue weighted by Gasteiger charge is -2.30. The third kappa shape index (κ3) is 4.27. The van der Waals surface area contributed by atoms with E-state index in [1.807, 2.05) is 0 Å². The number of benzene rings is 2. The van der Waals surface area contributed by atoms with Gasteiger partial charge in [-0.25, -0.2) is 9.78 Å². The topological polar surface area (TPSA) is 111 Å². The van der Waals surface area contributed by atoms with Crippen LogP contribution in [0, 0.1) is 18.4 Å². The number of amides is 3. The van der Waals surface area contributed by atoms with E-state index in [1.165, 1.54) is 16.2 Å². The van der Waals surface area contributed by atoms with Crippen LogP contribution in [0.5, 0.6) is 11.5 Å². The third-order valence-corrected chi connectivity index (χ3v) is 7.55. The Morgan fingerprint density at radius 3 is 2.89 bits per heavy atom. The molecule has 1 saturated heterocycles. The van der Waals surface area contributed by atoms with Crippen molar-refractivity contribution in [3.05, 3.63) is 71.1 Å². The van der Waals surface area contributed by atoms with Gasteiger partial charge in [0, 0.05) is 25.3 Å². The van der Waals surface area contributed by atoms with Gasteiger partial charge in [0.2, 0.25) is 0 Å². The van der Waals surface area contributed by atoms with Crippen molar-refractivity contribution in [3.8, 4) is 17.7 Å². The summed E-state index contributed by atoms with van der Waals surface area (Å²) in [7, 11) is 0. The number of urea groups is 1. The van der Waals surface area contributed by atoms with E-state index in [1.54, 1.807) is 42.3 Å². The first-order valence-electron chi connectivity index (χ1n) is 14.4. The maximum atomic E-state index is 13.6. The van der Waals surface area contributed by atoms with Gasteiger partial charge in [-0.1, -0.05) is 18.1 Å². The minimum absolute atomic E-state index is 0.188. The number of carbonyl (C=O) groups is 2. The van der Waals surface area contributed by atoms with E-state index >= 15 is 0 Å². The van der Waals surface area contributed by atoms with E-state index in [4.69, 9.17) is 11.6 Å². The number of rotatable bonds is 5. The van der Waals surface area contributed by atoms with Crippen molar-refractivity contribution in [1.82, 2.24) is 15.2 Å². The quantitative estimate of drug-likeness (QED) is 0.318. The zero-order valence-electron chi connectivity index (χ0n) is 25.2. The molecule has 0 bridgehead atoms. The van der Waals surface area contributed by atoms with Crippen LogP contribution in [-0.2, 0) is 0 Å². The average Bonchev–Trinajstić information content (AvgIpc) is 3.37. The van der Waals surface area contributed by atoms with Crippen molar-refractivity contribution < 1.29 is 21.2 Å². The summed E-state index contributed by atoms with van der Waals surface area (Å²) in [4.78, 5) is 35.3. The molecule has 1 fully saturated rings. The van der Waals surface area contributed by atoms with Gasteiger partial charge in [0.15, 0.2) is 6.19 Å². The minimum Gasteiger partial charge on any atom is -0.457 e. The number of pyridine rings is 1. The number of hydrogen-bond acceptors (Lipinski definition) is 7. The van der Waals surface area contributed by atoms with Crippen molar-refractivity contribution in [3.63, 3.8) is 0 Å². The number of ether oxygens (including phenoxy) is 1. The zero-order valence-corrected chi connectivity index (χ0v) is 21.0. The molecule has 2 aliphatic heterocycles. The van der Waals surface area contributed by atoms with Crippen LogP contribution in [0.3, 0.4) is 0 Å². The lowest BCUT2D eigenvalue weighted by Crippen LogP contribution is -2.46. The lowest BCUT2D eigenvalue weighted by molar-refractivity contribution is 0.0923. The Kier molecular flexibility index (Phi) is 4.74. The molecule has 2 aliphatic rings. The smallest absolute Gasteiger partial charge is 0.331 e. The fraction of sp³-hybridized carbons (Fsp3) is 0.214. The standard InChI is InChI=1S/C28H24N6O3S/c1-17-14-20(37-19-7-3-2-4-8-19)9-10-21(17)34-22-11-12-30-27-23(22)24(32-28(34)36)25(38-27)26(35)31-18-6-5-13-33(15-18)16-29/h2-4,7-12,14,18H,5-6,13,15H2,1H3,(H,31,35)(H,32,36)/t18-/m1/s1/i2D,3D,4D,7D,8D. The summed E-state index contributed by atoms with van der Waals surface area (Å²) in [6.45, 7) is 2.85. The fourth-order valence-electron chi connectivity index (χ4n) is 4.77. The van der Waals surface area contributed by atoms with Crippen molar-refractivity contribution >= 4 is 50.6 Å². The second kappa shape index (κ2) is 9.68. The number of aromatic nitrogens is 1. The molecule has 6 rings (SSSR count). The summed E-state index contributed by atoms with van der Waals surface area (Å²) >= 11 is 1.18. The highest BCUT2D eigenvalue weighted by molar-refractivity contribution is 7.21. The molecule has 10 heteroatoms. The van der Waals surface area contributed by atoms with Gasteiger partial charge >= 0.3 is 6.03 Å². The van der Waals surface area contributed by atoms with Gasteiger partial charge in [-0.15, -0.1) is 11.3 Å². The molecule has 0 saturated carbocycles. The molecule has 0 unspecified atom stereocenters. The molecule has 0 radical (unpaired) electrons. The highest BCUT2D eigenvalue weighted by atomic mass is 32.1. The number of para-hydroxylation sites is 1. The van der Waals surface area contributed by atoms with Crippen LogP contribution in [0.25, 0.3) is 10.2 Å². The van der Waals surface area contributed by atoms with E-state index in [2.05, 4.69) is 21.8 Å². The second-order valence-corrected chi connectivity index (χ2v) is 9.94. The molecule has 2 N–H and O–H groups in total. The number of piperidine rings is 1. The number of anilines is 3. The summed E-state index contributed by atoms with van der Waals surface area (Å²) < 4.78 is 45.5. The molecule has 2 aromatic heterocycles. The first-order chi connectivity index (χ1) is 20.6. The molecule has 38 heavy (non-hydrogen) atoms. The molecule has 0 spiro atoms. The molecule has 2 aromatic carbocycles. The normalized spacial score (nSPS) is 18.5. The highest BCUT2D eigenvalue weighted by Gasteiger charge is 2.34. The Hall–Kier alpha value is -4.62. The van der Waals surface area contributed by atoms with Crippen molar-refractivity contribution in [2.45, 2.75) is 25.8 Å². The van der Waals surface area contributed by atoms with Crippen LogP contribution >= 0.6 is 11.3 Å². The average molecular weight is 530 g/mol. The third-order valence-electron chi connectivity index (χ3n) is 6.46. The van der Waals surface area contributed by atoms with Crippen LogP contribution in [0.15, 0.2) is 60.7 Å². The number of nitrogens with zero attached hydrogens (tertiary/aromatic N) is 4. The molecular formula is C28H24N6O3S. The number of nitriles is 1. The second-order valence-electron chi connectivity index (χ2n) is 8.95. The zero-order chi connectivity index (χ0) is 30.6. The summed E-state index contributed by atoms with van der Waals surface area (Å²) in [5.41, 5.74) is 2.05. The number of aryl methyl sites for hydroxylation is 1. The van der Waals surface area contributed by atoms with E-state index in [0.717, 1.165) is 12.8 Å². The summed E-state index contributed by atoms with van der Waals surface area (Å²) in [6.07, 6.45) is 5.25. The molecule has 0 aliphatic carbocycles. The molecule has 3 amide bonds. The number of nitrogens with one attached hydrogen (secondary N) is 2. The lowest BCUT2D eigenvalue weighted by atomic mass is 10.1. The Bertz CT molecular complexity index is 1850. The van der Waals surface area contributed by atoms with Gasteiger partial charge in [0.05, 0.1) is 29.3 Å². The van der Waals surface area contributed by atoms with E-state index in [0.29, 0.717) is 50.8 Å². The van der Waals surface area contributed by atoms with E-state index in [9.17, 15) is 14.9 Å². The van der Waals surface area contributed by atoms with Crippen LogP contribution < -0.4 is 20.3 Å². The summed E-state index contributed by atoms with van der Waals surface area (Å²) in [5.74, 6) is -0.412. The SMILES string of the molecule is [2H]c1c([2H])c([2H])c(Oc2ccc(N3C(=O)Nc4c(C(=O)N[C@@H]5CCCN(C#N)C5)sc5nccc3c45)c(C)c2)c([2H])c1[2H]. The highest BCUT2D eigenvalue weighted by Crippen LogP contribution is 2.46. The Balaban J connectivity index is 1.32. The molecular weight excluding hydrogens is 500 g/mol. The summed E-state index contributed by atoms with van der Waals surface area (Å²) in [6, 6.07) is 3.39. The van der Waals surface area contributed by atoms with E-state index < -0.39 is 36.2 Å². The van der Waals surface area contributed by atoms with Crippen LogP contribution in [0.2, 0.25) is 0 Å². The largest absolute Gasteiger partial charge is 0.457 e.